The van der Waals surface area contributed by atoms with Gasteiger partial charge in [0.05, 0.1) is 0 Å². The molecule has 0 spiro atoms. The van der Waals surface area contributed by atoms with Crippen LogP contribution in [0.3, 0.4) is 0 Å². The molecule has 2 rings (SSSR count). The van der Waals surface area contributed by atoms with E-state index in [0.29, 0.717) is 12.5 Å². The first-order valence-electron chi connectivity index (χ1n) is 6.49. The van der Waals surface area contributed by atoms with E-state index >= 15 is 0 Å². The van der Waals surface area contributed by atoms with Crippen LogP contribution in [-0.4, -0.2) is 31.3 Å². The van der Waals surface area contributed by atoms with E-state index in [1.165, 1.54) is 11.3 Å². The van der Waals surface area contributed by atoms with Crippen molar-refractivity contribution in [2.24, 2.45) is 5.92 Å². The maximum Gasteiger partial charge on any atom is 0.0476 e. The summed E-state index contributed by atoms with van der Waals surface area (Å²) in [7, 11) is 0. The number of nitrogens with one attached hydrogen (secondary N) is 1. The van der Waals surface area contributed by atoms with Crippen LogP contribution in [0, 0.1) is 5.92 Å². The predicted molar refractivity (Wildman–Crippen MR) is 71.2 cm³/mol. The zero-order valence-electron chi connectivity index (χ0n) is 10.5. The number of benzene rings is 1. The first-order chi connectivity index (χ1) is 8.33. The number of aliphatic hydroxyl groups is 1. The van der Waals surface area contributed by atoms with Gasteiger partial charge in [-0.2, -0.15) is 0 Å². The highest BCUT2D eigenvalue weighted by Gasteiger charge is 2.21. The zero-order valence-corrected chi connectivity index (χ0v) is 10.5. The van der Waals surface area contributed by atoms with E-state index in [1.54, 1.807) is 0 Å². The predicted octanol–water partition coefficient (Wildman–Crippen LogP) is 1.61. The molecule has 1 heterocycles. The lowest BCUT2D eigenvalue weighted by molar-refractivity contribution is 0.238. The maximum atomic E-state index is 9.14. The van der Waals surface area contributed by atoms with E-state index in [4.69, 9.17) is 5.11 Å². The molecule has 0 amide bonds. The summed E-state index contributed by atoms with van der Waals surface area (Å²) in [4.78, 5) is 2.36. The van der Waals surface area contributed by atoms with Crippen molar-refractivity contribution in [1.82, 2.24) is 5.32 Å². The van der Waals surface area contributed by atoms with Crippen LogP contribution < -0.4 is 10.2 Å². The van der Waals surface area contributed by atoms with E-state index in [1.807, 2.05) is 0 Å². The Morgan fingerprint density at radius 1 is 1.35 bits per heavy atom. The van der Waals surface area contributed by atoms with Gasteiger partial charge in [0.2, 0.25) is 0 Å². The van der Waals surface area contributed by atoms with Gasteiger partial charge in [-0.05, 0) is 30.7 Å². The fourth-order valence-electron chi connectivity index (χ4n) is 2.31. The Kier molecular flexibility index (Phi) is 4.40. The molecule has 2 N–H and O–H groups in total. The van der Waals surface area contributed by atoms with Crippen LogP contribution in [-0.2, 0) is 6.54 Å². The second-order valence-electron chi connectivity index (χ2n) is 4.73. The standard InChI is InChI=1S/C14H22N2O/c1-2-15-9-12-3-5-14(6-4-12)16-8-7-13(10-16)11-17/h3-6,13,15,17H,2,7-11H2,1H3. The summed E-state index contributed by atoms with van der Waals surface area (Å²) in [5, 5.41) is 12.5. The Labute approximate surface area is 103 Å². The number of aliphatic hydroxyl groups excluding tert-OH is 1. The number of rotatable bonds is 5. The maximum absolute atomic E-state index is 9.14. The molecule has 0 aliphatic carbocycles. The highest BCUT2D eigenvalue weighted by Crippen LogP contribution is 2.23. The molecule has 17 heavy (non-hydrogen) atoms. The molecule has 0 bridgehead atoms. The van der Waals surface area contributed by atoms with E-state index in [0.717, 1.165) is 32.6 Å². The third-order valence-corrected chi connectivity index (χ3v) is 3.42. The molecule has 0 radical (unpaired) electrons. The summed E-state index contributed by atoms with van der Waals surface area (Å²) in [6.07, 6.45) is 1.11. The van der Waals surface area contributed by atoms with Gasteiger partial charge in [-0.15, -0.1) is 0 Å². The molecule has 1 fully saturated rings. The van der Waals surface area contributed by atoms with Crippen LogP contribution in [0.25, 0.3) is 0 Å². The summed E-state index contributed by atoms with van der Waals surface area (Å²) in [6.45, 7) is 6.44. The normalized spacial score (nSPS) is 19.9. The molecule has 1 saturated heterocycles. The molecule has 1 aromatic rings. The largest absolute Gasteiger partial charge is 0.396 e. The van der Waals surface area contributed by atoms with Gasteiger partial charge < -0.3 is 15.3 Å². The summed E-state index contributed by atoms with van der Waals surface area (Å²) >= 11 is 0. The molecule has 1 aliphatic heterocycles. The molecule has 0 aromatic heterocycles. The fourth-order valence-corrected chi connectivity index (χ4v) is 2.31. The Balaban J connectivity index is 1.94. The molecule has 3 nitrogen and oxygen atoms in total. The summed E-state index contributed by atoms with van der Waals surface area (Å²) < 4.78 is 0. The van der Waals surface area contributed by atoms with E-state index in [9.17, 15) is 0 Å². The lowest BCUT2D eigenvalue weighted by Gasteiger charge is -2.18. The summed E-state index contributed by atoms with van der Waals surface area (Å²) in [5.74, 6) is 0.455. The van der Waals surface area contributed by atoms with Crippen molar-refractivity contribution in [1.29, 1.82) is 0 Å². The molecular formula is C14H22N2O. The van der Waals surface area contributed by atoms with Crippen molar-refractivity contribution in [3.63, 3.8) is 0 Å². The summed E-state index contributed by atoms with van der Waals surface area (Å²) in [6, 6.07) is 8.74. The van der Waals surface area contributed by atoms with E-state index in [2.05, 4.69) is 41.4 Å². The third-order valence-electron chi connectivity index (χ3n) is 3.42. The fraction of sp³-hybridized carbons (Fsp3) is 0.571. The smallest absolute Gasteiger partial charge is 0.0476 e. The third kappa shape index (κ3) is 3.20. The molecule has 1 unspecified atom stereocenters. The quantitative estimate of drug-likeness (QED) is 0.812. The van der Waals surface area contributed by atoms with Crippen molar-refractivity contribution in [3.8, 4) is 0 Å². The Morgan fingerprint density at radius 2 is 2.12 bits per heavy atom. The molecule has 1 aliphatic rings. The van der Waals surface area contributed by atoms with Crippen molar-refractivity contribution in [2.75, 3.05) is 31.1 Å². The van der Waals surface area contributed by atoms with Gasteiger partial charge in [-0.1, -0.05) is 19.1 Å². The second-order valence-corrected chi connectivity index (χ2v) is 4.73. The number of nitrogens with zero attached hydrogens (tertiary/aromatic N) is 1. The van der Waals surface area contributed by atoms with Gasteiger partial charge in [-0.25, -0.2) is 0 Å². The number of hydrogen-bond donors (Lipinski definition) is 2. The molecule has 3 heteroatoms. The van der Waals surface area contributed by atoms with Gasteiger partial charge in [0.25, 0.3) is 0 Å². The molecule has 94 valence electrons. The minimum atomic E-state index is 0.314. The number of anilines is 1. The van der Waals surface area contributed by atoms with Crippen molar-refractivity contribution >= 4 is 5.69 Å². The van der Waals surface area contributed by atoms with Gasteiger partial charge in [-0.3, -0.25) is 0 Å². The Hall–Kier alpha value is -1.06. The highest BCUT2D eigenvalue weighted by atomic mass is 16.3. The topological polar surface area (TPSA) is 35.5 Å². The van der Waals surface area contributed by atoms with Crippen LogP contribution in [0.2, 0.25) is 0 Å². The minimum Gasteiger partial charge on any atom is -0.396 e. The average Bonchev–Trinajstić information content (AvgIpc) is 2.86. The molecular weight excluding hydrogens is 212 g/mol. The SMILES string of the molecule is CCNCc1ccc(N2CCC(CO)C2)cc1. The monoisotopic (exact) mass is 234 g/mol. The first kappa shape index (κ1) is 12.4. The second kappa shape index (κ2) is 6.03. The van der Waals surface area contributed by atoms with Crippen molar-refractivity contribution in [3.05, 3.63) is 29.8 Å². The van der Waals surface area contributed by atoms with E-state index < -0.39 is 0 Å². The van der Waals surface area contributed by atoms with E-state index in [-0.39, 0.29) is 0 Å². The van der Waals surface area contributed by atoms with Crippen LogP contribution in [0.5, 0.6) is 0 Å². The van der Waals surface area contributed by atoms with Gasteiger partial charge in [0, 0.05) is 37.8 Å². The lowest BCUT2D eigenvalue weighted by Crippen LogP contribution is -2.20. The average molecular weight is 234 g/mol. The molecule has 1 atom stereocenters. The van der Waals surface area contributed by atoms with Crippen molar-refractivity contribution < 1.29 is 5.11 Å². The zero-order chi connectivity index (χ0) is 12.1. The molecule has 0 saturated carbocycles. The minimum absolute atomic E-state index is 0.314. The molecule has 1 aromatic carbocycles. The van der Waals surface area contributed by atoms with Gasteiger partial charge in [0.15, 0.2) is 0 Å². The van der Waals surface area contributed by atoms with Gasteiger partial charge in [0.1, 0.15) is 0 Å². The van der Waals surface area contributed by atoms with Crippen molar-refractivity contribution in [2.45, 2.75) is 19.9 Å². The summed E-state index contributed by atoms with van der Waals surface area (Å²) in [5.41, 5.74) is 2.61. The Morgan fingerprint density at radius 3 is 2.71 bits per heavy atom. The van der Waals surface area contributed by atoms with Gasteiger partial charge >= 0.3 is 0 Å². The number of hydrogen-bond acceptors (Lipinski definition) is 3. The van der Waals surface area contributed by atoms with Crippen LogP contribution in [0.4, 0.5) is 5.69 Å². The van der Waals surface area contributed by atoms with Crippen LogP contribution >= 0.6 is 0 Å². The first-order valence-corrected chi connectivity index (χ1v) is 6.49. The lowest BCUT2D eigenvalue weighted by atomic mass is 10.1. The highest BCUT2D eigenvalue weighted by molar-refractivity contribution is 5.48. The van der Waals surface area contributed by atoms with Crippen LogP contribution in [0.15, 0.2) is 24.3 Å². The Bertz CT molecular complexity index is 337. The van der Waals surface area contributed by atoms with Crippen LogP contribution in [0.1, 0.15) is 18.9 Å².